The van der Waals surface area contributed by atoms with E-state index in [-0.39, 0.29) is 17.4 Å². The van der Waals surface area contributed by atoms with Crippen LogP contribution in [0.2, 0.25) is 5.02 Å². The van der Waals surface area contributed by atoms with Crippen molar-refractivity contribution in [3.8, 4) is 5.75 Å². The fourth-order valence-electron chi connectivity index (χ4n) is 3.02. The van der Waals surface area contributed by atoms with Gasteiger partial charge in [0.25, 0.3) is 15.9 Å². The van der Waals surface area contributed by atoms with E-state index in [1.165, 1.54) is 24.3 Å². The summed E-state index contributed by atoms with van der Waals surface area (Å²) in [4.78, 5) is 12.4. The molecule has 0 radical (unpaired) electrons. The number of hydrogen-bond donors (Lipinski definition) is 2. The van der Waals surface area contributed by atoms with Crippen molar-refractivity contribution in [2.24, 2.45) is 0 Å². The highest BCUT2D eigenvalue weighted by Gasteiger charge is 2.15. The number of hydrogen-bond acceptors (Lipinski definition) is 4. The van der Waals surface area contributed by atoms with Gasteiger partial charge in [-0.25, -0.2) is 8.42 Å². The number of nitrogens with one attached hydrogen (secondary N) is 2. The van der Waals surface area contributed by atoms with E-state index < -0.39 is 10.0 Å². The van der Waals surface area contributed by atoms with Gasteiger partial charge in [-0.1, -0.05) is 33.6 Å². The first-order chi connectivity index (χ1) is 15.0. The van der Waals surface area contributed by atoms with Crippen molar-refractivity contribution in [2.45, 2.75) is 25.7 Å². The molecular formula is C23H22BrClN2O4S. The monoisotopic (exact) mass is 536 g/mol. The second-order valence-electron chi connectivity index (χ2n) is 7.29. The van der Waals surface area contributed by atoms with E-state index in [1.54, 1.807) is 18.2 Å². The van der Waals surface area contributed by atoms with Gasteiger partial charge in [-0.15, -0.1) is 0 Å². The molecule has 0 unspecified atom stereocenters. The standard InChI is InChI=1S/C23H22BrClN2O4S/c1-14-4-5-18(12-21(14)25)27-32(29,30)20-8-6-19(7-9-20)31-13-22(28)26-23-15(2)10-17(24)11-16(23)3/h4-12,27H,13H2,1-3H3,(H,26,28). The zero-order valence-corrected chi connectivity index (χ0v) is 20.9. The molecule has 3 aromatic rings. The van der Waals surface area contributed by atoms with Crippen LogP contribution in [-0.4, -0.2) is 20.9 Å². The highest BCUT2D eigenvalue weighted by molar-refractivity contribution is 9.10. The van der Waals surface area contributed by atoms with Gasteiger partial charge in [-0.3, -0.25) is 9.52 Å². The predicted molar refractivity (Wildman–Crippen MR) is 131 cm³/mol. The van der Waals surface area contributed by atoms with Crippen LogP contribution in [0.3, 0.4) is 0 Å². The van der Waals surface area contributed by atoms with E-state index >= 15 is 0 Å². The molecule has 0 aliphatic heterocycles. The van der Waals surface area contributed by atoms with Crippen LogP contribution in [0.1, 0.15) is 16.7 Å². The van der Waals surface area contributed by atoms with Crippen molar-refractivity contribution in [2.75, 3.05) is 16.6 Å². The van der Waals surface area contributed by atoms with Crippen LogP contribution in [0.4, 0.5) is 11.4 Å². The van der Waals surface area contributed by atoms with Gasteiger partial charge in [0.1, 0.15) is 5.75 Å². The Morgan fingerprint density at radius 1 is 0.969 bits per heavy atom. The first-order valence-electron chi connectivity index (χ1n) is 9.63. The lowest BCUT2D eigenvalue weighted by molar-refractivity contribution is -0.118. The molecule has 168 valence electrons. The van der Waals surface area contributed by atoms with Gasteiger partial charge in [0.05, 0.1) is 10.6 Å². The van der Waals surface area contributed by atoms with Gasteiger partial charge in [0, 0.05) is 15.2 Å². The number of aryl methyl sites for hydroxylation is 3. The lowest BCUT2D eigenvalue weighted by atomic mass is 10.1. The largest absolute Gasteiger partial charge is 0.484 e. The normalized spacial score (nSPS) is 11.2. The number of carbonyl (C=O) groups excluding carboxylic acids is 1. The Balaban J connectivity index is 1.62. The molecule has 0 saturated carbocycles. The molecule has 2 N–H and O–H groups in total. The topological polar surface area (TPSA) is 84.5 Å². The Labute approximate surface area is 201 Å². The van der Waals surface area contributed by atoms with Crippen LogP contribution >= 0.6 is 27.5 Å². The van der Waals surface area contributed by atoms with Crippen LogP contribution in [-0.2, 0) is 14.8 Å². The molecule has 3 aromatic carbocycles. The predicted octanol–water partition coefficient (Wildman–Crippen LogP) is 5.85. The fraction of sp³-hybridized carbons (Fsp3) is 0.174. The minimum atomic E-state index is -3.79. The van der Waals surface area contributed by atoms with Gasteiger partial charge in [-0.05, 0) is 86.0 Å². The Kier molecular flexibility index (Phi) is 7.48. The SMILES string of the molecule is Cc1ccc(NS(=O)(=O)c2ccc(OCC(=O)Nc3c(C)cc(Br)cc3C)cc2)cc1Cl. The fourth-order valence-corrected chi connectivity index (χ4v) is 4.93. The second kappa shape index (κ2) is 9.94. The van der Waals surface area contributed by atoms with Gasteiger partial charge < -0.3 is 10.1 Å². The molecule has 0 aliphatic rings. The average Bonchev–Trinajstić information content (AvgIpc) is 2.72. The Morgan fingerprint density at radius 3 is 2.19 bits per heavy atom. The average molecular weight is 538 g/mol. The maximum atomic E-state index is 12.6. The molecule has 0 heterocycles. The van der Waals surface area contributed by atoms with E-state index in [2.05, 4.69) is 26.0 Å². The van der Waals surface area contributed by atoms with Crippen molar-refractivity contribution in [1.29, 1.82) is 0 Å². The van der Waals surface area contributed by atoms with E-state index in [0.29, 0.717) is 16.5 Å². The first kappa shape index (κ1) is 24.1. The molecule has 0 aromatic heterocycles. The Hall–Kier alpha value is -2.55. The summed E-state index contributed by atoms with van der Waals surface area (Å²) in [5.41, 5.74) is 3.83. The molecule has 32 heavy (non-hydrogen) atoms. The minimum absolute atomic E-state index is 0.0621. The Bertz CT molecular complexity index is 1240. The number of halogens is 2. The van der Waals surface area contributed by atoms with Crippen LogP contribution in [0.25, 0.3) is 0 Å². The number of amides is 1. The summed E-state index contributed by atoms with van der Waals surface area (Å²) in [5.74, 6) is 0.0647. The maximum absolute atomic E-state index is 12.6. The number of carbonyl (C=O) groups is 1. The van der Waals surface area contributed by atoms with E-state index in [0.717, 1.165) is 26.9 Å². The smallest absolute Gasteiger partial charge is 0.262 e. The molecule has 0 fully saturated rings. The molecule has 0 spiro atoms. The van der Waals surface area contributed by atoms with Crippen LogP contribution < -0.4 is 14.8 Å². The molecule has 0 bridgehead atoms. The van der Waals surface area contributed by atoms with Gasteiger partial charge >= 0.3 is 0 Å². The summed E-state index contributed by atoms with van der Waals surface area (Å²) in [5, 5.41) is 3.32. The molecule has 0 atom stereocenters. The number of benzene rings is 3. The van der Waals surface area contributed by atoms with Crippen LogP contribution in [0.5, 0.6) is 5.75 Å². The summed E-state index contributed by atoms with van der Waals surface area (Å²) in [7, 11) is -3.79. The van der Waals surface area contributed by atoms with Crippen molar-refractivity contribution in [3.63, 3.8) is 0 Å². The lowest BCUT2D eigenvalue weighted by Gasteiger charge is -2.13. The van der Waals surface area contributed by atoms with E-state index in [1.807, 2.05) is 32.9 Å². The quantitative estimate of drug-likeness (QED) is 0.396. The summed E-state index contributed by atoms with van der Waals surface area (Å²) in [6.45, 7) is 5.44. The molecule has 6 nitrogen and oxygen atoms in total. The first-order valence-corrected chi connectivity index (χ1v) is 12.3. The summed E-state index contributed by atoms with van der Waals surface area (Å²) >= 11 is 9.49. The van der Waals surface area contributed by atoms with Crippen LogP contribution in [0, 0.1) is 20.8 Å². The summed E-state index contributed by atoms with van der Waals surface area (Å²) < 4.78 is 34.1. The third-order valence-corrected chi connectivity index (χ3v) is 6.95. The molecule has 9 heteroatoms. The molecule has 1 amide bonds. The van der Waals surface area contributed by atoms with Gasteiger partial charge in [0.2, 0.25) is 0 Å². The summed E-state index contributed by atoms with van der Waals surface area (Å²) in [6.07, 6.45) is 0. The van der Waals surface area contributed by atoms with Crippen LogP contribution in [0.15, 0.2) is 64.0 Å². The minimum Gasteiger partial charge on any atom is -0.484 e. The number of rotatable bonds is 7. The molecule has 0 aliphatic carbocycles. The maximum Gasteiger partial charge on any atom is 0.262 e. The van der Waals surface area contributed by atoms with E-state index in [9.17, 15) is 13.2 Å². The van der Waals surface area contributed by atoms with Gasteiger partial charge in [-0.2, -0.15) is 0 Å². The molecule has 3 rings (SSSR count). The van der Waals surface area contributed by atoms with Crippen molar-refractivity contribution >= 4 is 54.8 Å². The number of ether oxygens (including phenoxy) is 1. The molecular weight excluding hydrogens is 516 g/mol. The second-order valence-corrected chi connectivity index (χ2v) is 10.3. The van der Waals surface area contributed by atoms with Crippen molar-refractivity contribution < 1.29 is 17.9 Å². The zero-order valence-electron chi connectivity index (χ0n) is 17.7. The third kappa shape index (κ3) is 6.03. The number of sulfonamides is 1. The highest BCUT2D eigenvalue weighted by atomic mass is 79.9. The molecule has 0 saturated heterocycles. The lowest BCUT2D eigenvalue weighted by Crippen LogP contribution is -2.21. The summed E-state index contributed by atoms with van der Waals surface area (Å²) in [6, 6.07) is 14.6. The zero-order chi connectivity index (χ0) is 23.5. The van der Waals surface area contributed by atoms with Gasteiger partial charge in [0.15, 0.2) is 6.61 Å². The highest BCUT2D eigenvalue weighted by Crippen LogP contribution is 2.26. The Morgan fingerprint density at radius 2 is 1.59 bits per heavy atom. The third-order valence-electron chi connectivity index (χ3n) is 4.69. The van der Waals surface area contributed by atoms with E-state index in [4.69, 9.17) is 16.3 Å². The van der Waals surface area contributed by atoms with Crippen molar-refractivity contribution in [1.82, 2.24) is 0 Å². The van der Waals surface area contributed by atoms with Crippen molar-refractivity contribution in [3.05, 3.63) is 80.8 Å². The number of anilines is 2.